The molecule has 0 fully saturated rings. The summed E-state index contributed by atoms with van der Waals surface area (Å²) in [4.78, 5) is 4.93. The number of aliphatic imine (C=N–C) groups is 1. The second-order valence-corrected chi connectivity index (χ2v) is 6.42. The molecule has 1 aliphatic rings. The van der Waals surface area contributed by atoms with Gasteiger partial charge < -0.3 is 5.32 Å². The summed E-state index contributed by atoms with van der Waals surface area (Å²) in [5, 5.41) is 4.89. The molecule has 0 saturated heterocycles. The summed E-state index contributed by atoms with van der Waals surface area (Å²) in [6.45, 7) is 11.3. The molecule has 1 unspecified atom stereocenters. The van der Waals surface area contributed by atoms with Crippen LogP contribution in [-0.2, 0) is 0 Å². The molecule has 1 aliphatic heterocycles. The molecule has 0 aromatic heterocycles. The summed E-state index contributed by atoms with van der Waals surface area (Å²) in [7, 11) is 0. The van der Waals surface area contributed by atoms with Crippen molar-refractivity contribution in [3.05, 3.63) is 0 Å². The summed E-state index contributed by atoms with van der Waals surface area (Å²) in [5.41, 5.74) is 0.409. The minimum Gasteiger partial charge on any atom is -0.360 e. The number of nitrogens with zero attached hydrogens (tertiary/aromatic N) is 1. The molecule has 0 spiro atoms. The maximum absolute atomic E-state index is 4.93. The average Bonchev–Trinajstić information content (AvgIpc) is 2.36. The van der Waals surface area contributed by atoms with Crippen molar-refractivity contribution in [1.82, 2.24) is 5.32 Å². The number of amidine groups is 1. The van der Waals surface area contributed by atoms with Gasteiger partial charge in [0.2, 0.25) is 0 Å². The molecule has 1 N–H and O–H groups in total. The van der Waals surface area contributed by atoms with Crippen LogP contribution in [0.5, 0.6) is 0 Å². The molecule has 1 rings (SSSR count). The highest BCUT2D eigenvalue weighted by Gasteiger charge is 2.30. The van der Waals surface area contributed by atoms with Crippen LogP contribution in [0.1, 0.15) is 66.7 Å². The monoisotopic (exact) mass is 256 g/mol. The largest absolute Gasteiger partial charge is 0.360 e. The van der Waals surface area contributed by atoms with E-state index in [9.17, 15) is 0 Å². The Bertz CT molecular complexity index is 263. The molecule has 0 aromatic carbocycles. The van der Waals surface area contributed by atoms with Crippen molar-refractivity contribution >= 4 is 16.9 Å². The summed E-state index contributed by atoms with van der Waals surface area (Å²) < 4.78 is 0. The van der Waals surface area contributed by atoms with E-state index >= 15 is 0 Å². The first-order valence-electron chi connectivity index (χ1n) is 7.04. The normalized spacial score (nSPS) is 25.6. The lowest BCUT2D eigenvalue weighted by Crippen LogP contribution is -2.48. The average molecular weight is 256 g/mol. The Morgan fingerprint density at radius 1 is 1.24 bits per heavy atom. The van der Waals surface area contributed by atoms with Gasteiger partial charge in [0.15, 0.2) is 5.17 Å². The predicted molar refractivity (Wildman–Crippen MR) is 79.9 cm³/mol. The van der Waals surface area contributed by atoms with E-state index in [1.807, 2.05) is 11.8 Å². The van der Waals surface area contributed by atoms with Crippen molar-refractivity contribution in [2.24, 2.45) is 4.99 Å². The number of thioether (sulfide) groups is 1. The zero-order valence-electron chi connectivity index (χ0n) is 12.1. The van der Waals surface area contributed by atoms with Crippen molar-refractivity contribution < 1.29 is 0 Å². The van der Waals surface area contributed by atoms with E-state index in [0.717, 1.165) is 6.42 Å². The molecule has 2 nitrogen and oxygen atoms in total. The van der Waals surface area contributed by atoms with Crippen molar-refractivity contribution in [2.75, 3.05) is 5.75 Å². The molecule has 0 aliphatic carbocycles. The van der Waals surface area contributed by atoms with Crippen LogP contribution in [0.2, 0.25) is 0 Å². The minimum atomic E-state index is 0.161. The van der Waals surface area contributed by atoms with Gasteiger partial charge in [0.05, 0.1) is 5.54 Å². The van der Waals surface area contributed by atoms with Gasteiger partial charge in [-0.05, 0) is 39.0 Å². The van der Waals surface area contributed by atoms with E-state index in [0.29, 0.717) is 0 Å². The van der Waals surface area contributed by atoms with Crippen LogP contribution < -0.4 is 5.32 Å². The van der Waals surface area contributed by atoms with Gasteiger partial charge in [0, 0.05) is 11.3 Å². The lowest BCUT2D eigenvalue weighted by molar-refractivity contribution is 0.338. The minimum absolute atomic E-state index is 0.161. The summed E-state index contributed by atoms with van der Waals surface area (Å²) in [6, 6.07) is 0. The first-order chi connectivity index (χ1) is 8.03. The summed E-state index contributed by atoms with van der Waals surface area (Å²) >= 11 is 1.89. The summed E-state index contributed by atoms with van der Waals surface area (Å²) in [5.74, 6) is 1.20. The molecule has 0 saturated carbocycles. The molecular weight excluding hydrogens is 228 g/mol. The Hall–Kier alpha value is -0.180. The van der Waals surface area contributed by atoms with Gasteiger partial charge >= 0.3 is 0 Å². The Kier molecular flexibility index (Phi) is 5.36. The molecule has 0 radical (unpaired) electrons. The topological polar surface area (TPSA) is 24.4 Å². The van der Waals surface area contributed by atoms with Crippen LogP contribution >= 0.6 is 11.8 Å². The first kappa shape index (κ1) is 14.9. The van der Waals surface area contributed by atoms with Gasteiger partial charge in [-0.1, -0.05) is 39.5 Å². The van der Waals surface area contributed by atoms with E-state index in [1.54, 1.807) is 0 Å². The molecule has 1 heterocycles. The Labute approximate surface area is 111 Å². The highest BCUT2D eigenvalue weighted by atomic mass is 32.2. The Morgan fingerprint density at radius 3 is 2.29 bits per heavy atom. The van der Waals surface area contributed by atoms with Gasteiger partial charge in [-0.2, -0.15) is 0 Å². The highest BCUT2D eigenvalue weighted by molar-refractivity contribution is 8.13. The second-order valence-electron chi connectivity index (χ2n) is 5.33. The van der Waals surface area contributed by atoms with E-state index in [2.05, 4.69) is 39.9 Å². The fourth-order valence-electron chi connectivity index (χ4n) is 2.26. The lowest BCUT2D eigenvalue weighted by atomic mass is 9.90. The molecule has 0 aromatic rings. The number of hydrogen-bond acceptors (Lipinski definition) is 3. The van der Waals surface area contributed by atoms with Gasteiger partial charge in [-0.3, -0.25) is 4.99 Å². The molecule has 0 amide bonds. The maximum Gasteiger partial charge on any atom is 0.157 e. The molecule has 100 valence electrons. The van der Waals surface area contributed by atoms with E-state index in [4.69, 9.17) is 4.99 Å². The van der Waals surface area contributed by atoms with Crippen LogP contribution in [0, 0.1) is 0 Å². The number of nitrogens with one attached hydrogen (secondary N) is 1. The zero-order valence-corrected chi connectivity index (χ0v) is 12.9. The SMILES string of the molecule is CCC1(C)CCSC(NC(CC)(CC)CC)=N1. The van der Waals surface area contributed by atoms with E-state index in [-0.39, 0.29) is 11.1 Å². The number of hydrogen-bond donors (Lipinski definition) is 1. The van der Waals surface area contributed by atoms with Crippen molar-refractivity contribution in [1.29, 1.82) is 0 Å². The van der Waals surface area contributed by atoms with E-state index < -0.39 is 0 Å². The van der Waals surface area contributed by atoms with Crippen molar-refractivity contribution in [3.63, 3.8) is 0 Å². The zero-order chi connectivity index (χ0) is 12.9. The molecule has 17 heavy (non-hydrogen) atoms. The molecule has 0 bridgehead atoms. The van der Waals surface area contributed by atoms with Crippen molar-refractivity contribution in [3.8, 4) is 0 Å². The second kappa shape index (κ2) is 6.12. The fraction of sp³-hybridized carbons (Fsp3) is 0.929. The third kappa shape index (κ3) is 3.64. The van der Waals surface area contributed by atoms with Gasteiger partial charge in [-0.25, -0.2) is 0 Å². The van der Waals surface area contributed by atoms with Crippen LogP contribution in [0.3, 0.4) is 0 Å². The standard InChI is InChI=1S/C14H28N2S/c1-6-13(5)10-11-17-12(15-13)16-14(7-2,8-3)9-4/h6-11H2,1-5H3,(H,15,16). The predicted octanol–water partition coefficient (Wildman–Crippen LogP) is 4.21. The quantitative estimate of drug-likeness (QED) is 0.797. The van der Waals surface area contributed by atoms with E-state index in [1.165, 1.54) is 36.6 Å². The molecule has 3 heteroatoms. The number of rotatable bonds is 5. The third-order valence-corrected chi connectivity index (χ3v) is 5.29. The molecular formula is C14H28N2S. The molecule has 1 atom stereocenters. The Morgan fingerprint density at radius 2 is 1.82 bits per heavy atom. The summed E-state index contributed by atoms with van der Waals surface area (Å²) in [6.07, 6.45) is 5.85. The van der Waals surface area contributed by atoms with Crippen LogP contribution in [0.15, 0.2) is 4.99 Å². The Balaban J connectivity index is 2.79. The van der Waals surface area contributed by atoms with Crippen molar-refractivity contribution in [2.45, 2.75) is 77.8 Å². The smallest absolute Gasteiger partial charge is 0.157 e. The van der Waals surface area contributed by atoms with Crippen LogP contribution in [0.25, 0.3) is 0 Å². The van der Waals surface area contributed by atoms with Crippen LogP contribution in [-0.4, -0.2) is 22.0 Å². The maximum atomic E-state index is 4.93. The van der Waals surface area contributed by atoms with Crippen LogP contribution in [0.4, 0.5) is 0 Å². The van der Waals surface area contributed by atoms with Gasteiger partial charge in [0.25, 0.3) is 0 Å². The van der Waals surface area contributed by atoms with Gasteiger partial charge in [-0.15, -0.1) is 0 Å². The third-order valence-electron chi connectivity index (χ3n) is 4.41. The first-order valence-corrected chi connectivity index (χ1v) is 8.02. The lowest BCUT2D eigenvalue weighted by Gasteiger charge is -2.37. The highest BCUT2D eigenvalue weighted by Crippen LogP contribution is 2.30. The van der Waals surface area contributed by atoms with Gasteiger partial charge in [0.1, 0.15) is 0 Å². The fourth-order valence-corrected chi connectivity index (χ4v) is 3.57.